The fourth-order valence-electron chi connectivity index (χ4n) is 1.31. The van der Waals surface area contributed by atoms with Crippen molar-refractivity contribution in [2.45, 2.75) is 12.5 Å². The van der Waals surface area contributed by atoms with Gasteiger partial charge in [0.05, 0.1) is 13.7 Å². The maximum Gasteiger partial charge on any atom is 0.337 e. The van der Waals surface area contributed by atoms with Crippen LogP contribution in [0.1, 0.15) is 12.5 Å². The summed E-state index contributed by atoms with van der Waals surface area (Å²) in [6, 6.07) is 7.10. The van der Waals surface area contributed by atoms with Gasteiger partial charge < -0.3 is 20.3 Å². The first-order valence-electron chi connectivity index (χ1n) is 5.91. The minimum Gasteiger partial charge on any atom is -0.497 e. The molecule has 1 atom stereocenters. The summed E-state index contributed by atoms with van der Waals surface area (Å²) in [6.45, 7) is 0.741. The Morgan fingerprint density at radius 2 is 2.15 bits per heavy atom. The minimum atomic E-state index is -1.99. The molecule has 0 saturated carbocycles. The van der Waals surface area contributed by atoms with E-state index in [1.54, 1.807) is 37.5 Å². The lowest BCUT2D eigenvalue weighted by Crippen LogP contribution is -2.46. The highest BCUT2D eigenvalue weighted by Crippen LogP contribution is 2.13. The zero-order valence-corrected chi connectivity index (χ0v) is 11.3. The Bertz CT molecular complexity index is 522. The second kappa shape index (κ2) is 6.72. The molecule has 0 aliphatic carbocycles. The number of hydrogen-bond donors (Lipinski definition) is 3. The molecule has 1 aromatic rings. The van der Waals surface area contributed by atoms with E-state index in [0.717, 1.165) is 12.5 Å². The molecule has 1 rings (SSSR count). The summed E-state index contributed by atoms with van der Waals surface area (Å²) < 4.78 is 5.05. The average Bonchev–Trinajstić information content (AvgIpc) is 2.43. The molecule has 0 aliphatic heterocycles. The Morgan fingerprint density at radius 3 is 2.75 bits per heavy atom. The van der Waals surface area contributed by atoms with Crippen LogP contribution in [0.15, 0.2) is 30.3 Å². The van der Waals surface area contributed by atoms with Gasteiger partial charge in [0.25, 0.3) is 0 Å². The molecular weight excluding hydrogens is 262 g/mol. The van der Waals surface area contributed by atoms with Crippen LogP contribution in [-0.4, -0.2) is 41.3 Å². The number of aliphatic carboxylic acids is 1. The molecule has 0 bridgehead atoms. The molecule has 1 amide bonds. The fraction of sp³-hybridized carbons (Fsp3) is 0.286. The first kappa shape index (κ1) is 15.7. The highest BCUT2D eigenvalue weighted by atomic mass is 16.5. The second-order valence-corrected chi connectivity index (χ2v) is 4.41. The van der Waals surface area contributed by atoms with E-state index < -0.39 is 17.5 Å². The zero-order chi connectivity index (χ0) is 15.2. The van der Waals surface area contributed by atoms with Gasteiger partial charge in [-0.25, -0.2) is 4.79 Å². The largest absolute Gasteiger partial charge is 0.497 e. The monoisotopic (exact) mass is 279 g/mol. The summed E-state index contributed by atoms with van der Waals surface area (Å²) in [4.78, 5) is 22.2. The van der Waals surface area contributed by atoms with Gasteiger partial charge in [0.15, 0.2) is 5.60 Å². The third-order valence-corrected chi connectivity index (χ3v) is 2.59. The highest BCUT2D eigenvalue weighted by molar-refractivity contribution is 5.92. The molecule has 108 valence electrons. The number of carbonyl (C=O) groups excluding carboxylic acids is 1. The van der Waals surface area contributed by atoms with Crippen molar-refractivity contribution in [3.05, 3.63) is 35.9 Å². The normalized spacial score (nSPS) is 13.8. The lowest BCUT2D eigenvalue weighted by Gasteiger charge is -2.17. The summed E-state index contributed by atoms with van der Waals surface area (Å²) in [7, 11) is 1.55. The van der Waals surface area contributed by atoms with Gasteiger partial charge >= 0.3 is 5.97 Å². The van der Waals surface area contributed by atoms with Crippen LogP contribution in [0, 0.1) is 0 Å². The number of carboxylic acid groups (broad SMARTS) is 1. The summed E-state index contributed by atoms with van der Waals surface area (Å²) in [5.41, 5.74) is -1.22. The third-order valence-electron chi connectivity index (χ3n) is 2.59. The second-order valence-electron chi connectivity index (χ2n) is 4.41. The molecule has 6 nitrogen and oxygen atoms in total. The van der Waals surface area contributed by atoms with E-state index in [2.05, 4.69) is 5.32 Å². The average molecular weight is 279 g/mol. The van der Waals surface area contributed by atoms with Crippen LogP contribution in [0.5, 0.6) is 5.75 Å². The molecular formula is C14H17NO5. The third kappa shape index (κ3) is 4.74. The minimum absolute atomic E-state index is 0.371. The van der Waals surface area contributed by atoms with Gasteiger partial charge in [-0.15, -0.1) is 0 Å². The lowest BCUT2D eigenvalue weighted by molar-refractivity contribution is -0.156. The first-order valence-corrected chi connectivity index (χ1v) is 5.91. The Hall–Kier alpha value is -2.34. The smallest absolute Gasteiger partial charge is 0.337 e. The van der Waals surface area contributed by atoms with Crippen molar-refractivity contribution < 1.29 is 24.5 Å². The molecule has 0 saturated heterocycles. The van der Waals surface area contributed by atoms with Crippen molar-refractivity contribution in [2.75, 3.05) is 13.7 Å². The van der Waals surface area contributed by atoms with Gasteiger partial charge in [0, 0.05) is 6.08 Å². The van der Waals surface area contributed by atoms with Gasteiger partial charge in [-0.05, 0) is 30.7 Å². The Balaban J connectivity index is 2.57. The van der Waals surface area contributed by atoms with Crippen molar-refractivity contribution in [3.8, 4) is 5.75 Å². The number of aliphatic hydroxyl groups is 1. The van der Waals surface area contributed by atoms with E-state index in [1.807, 2.05) is 0 Å². The highest BCUT2D eigenvalue weighted by Gasteiger charge is 2.29. The summed E-state index contributed by atoms with van der Waals surface area (Å²) >= 11 is 0. The molecule has 0 aromatic heterocycles. The lowest BCUT2D eigenvalue weighted by atomic mass is 10.1. The number of carbonyl (C=O) groups is 2. The van der Waals surface area contributed by atoms with Crippen LogP contribution in [0.4, 0.5) is 0 Å². The molecule has 1 aromatic carbocycles. The van der Waals surface area contributed by atoms with Crippen LogP contribution in [0.3, 0.4) is 0 Å². The summed E-state index contributed by atoms with van der Waals surface area (Å²) in [5, 5.41) is 20.4. The molecule has 0 aliphatic rings. The topological polar surface area (TPSA) is 95.9 Å². The van der Waals surface area contributed by atoms with Crippen molar-refractivity contribution >= 4 is 18.0 Å². The van der Waals surface area contributed by atoms with E-state index in [9.17, 15) is 14.7 Å². The quantitative estimate of drug-likeness (QED) is 0.665. The van der Waals surface area contributed by atoms with E-state index in [0.29, 0.717) is 5.75 Å². The number of rotatable bonds is 6. The summed E-state index contributed by atoms with van der Waals surface area (Å²) in [5.74, 6) is -1.22. The predicted molar refractivity (Wildman–Crippen MR) is 73.3 cm³/mol. The number of ether oxygens (including phenoxy) is 1. The van der Waals surface area contributed by atoms with E-state index in [-0.39, 0.29) is 6.54 Å². The van der Waals surface area contributed by atoms with Gasteiger partial charge in [0.2, 0.25) is 5.91 Å². The number of nitrogens with one attached hydrogen (secondary N) is 1. The molecule has 1 unspecified atom stereocenters. The number of hydrogen-bond acceptors (Lipinski definition) is 4. The van der Waals surface area contributed by atoms with Crippen molar-refractivity contribution in [1.29, 1.82) is 0 Å². The van der Waals surface area contributed by atoms with Crippen molar-refractivity contribution in [1.82, 2.24) is 5.32 Å². The molecule has 0 fully saturated rings. The molecule has 6 heteroatoms. The molecule has 0 spiro atoms. The van der Waals surface area contributed by atoms with Gasteiger partial charge in [0.1, 0.15) is 5.75 Å². The van der Waals surface area contributed by atoms with E-state index >= 15 is 0 Å². The molecule has 0 heterocycles. The van der Waals surface area contributed by atoms with Crippen LogP contribution in [0.25, 0.3) is 6.08 Å². The SMILES string of the molecule is COc1cccc(C=CC(=O)NCC(C)(O)C(=O)O)c1. The maximum absolute atomic E-state index is 11.5. The van der Waals surface area contributed by atoms with Gasteiger partial charge in [-0.1, -0.05) is 12.1 Å². The standard InChI is InChI=1S/C14H17NO5/c1-14(19,13(17)18)9-15-12(16)7-6-10-4-3-5-11(8-10)20-2/h3-8,19H,9H2,1-2H3,(H,15,16)(H,17,18). The van der Waals surface area contributed by atoms with Crippen molar-refractivity contribution in [3.63, 3.8) is 0 Å². The summed E-state index contributed by atoms with van der Waals surface area (Å²) in [6.07, 6.45) is 2.82. The fourth-order valence-corrected chi connectivity index (χ4v) is 1.31. The van der Waals surface area contributed by atoms with Crippen LogP contribution >= 0.6 is 0 Å². The molecule has 3 N–H and O–H groups in total. The molecule has 20 heavy (non-hydrogen) atoms. The Labute approximate surface area is 116 Å². The van der Waals surface area contributed by atoms with Gasteiger partial charge in [-0.2, -0.15) is 0 Å². The van der Waals surface area contributed by atoms with Gasteiger partial charge in [-0.3, -0.25) is 4.79 Å². The Kier molecular flexibility index (Phi) is 5.28. The first-order chi connectivity index (χ1) is 9.35. The number of methoxy groups -OCH3 is 1. The Morgan fingerprint density at radius 1 is 1.45 bits per heavy atom. The predicted octanol–water partition coefficient (Wildman–Crippen LogP) is 0.660. The zero-order valence-electron chi connectivity index (χ0n) is 11.3. The van der Waals surface area contributed by atoms with E-state index in [4.69, 9.17) is 9.84 Å². The number of carboxylic acids is 1. The maximum atomic E-state index is 11.5. The van der Waals surface area contributed by atoms with E-state index in [1.165, 1.54) is 6.08 Å². The van der Waals surface area contributed by atoms with Crippen LogP contribution in [-0.2, 0) is 9.59 Å². The van der Waals surface area contributed by atoms with Crippen LogP contribution < -0.4 is 10.1 Å². The number of benzene rings is 1. The number of amides is 1. The van der Waals surface area contributed by atoms with Crippen molar-refractivity contribution in [2.24, 2.45) is 0 Å². The van der Waals surface area contributed by atoms with Crippen LogP contribution in [0.2, 0.25) is 0 Å². The molecule has 0 radical (unpaired) electrons.